The average Bonchev–Trinajstić information content (AvgIpc) is 3.28. The highest BCUT2D eigenvalue weighted by molar-refractivity contribution is 6.11. The van der Waals surface area contributed by atoms with E-state index in [1.54, 1.807) is 17.3 Å². The molecule has 2 atom stereocenters. The monoisotopic (exact) mass is 288 g/mol. The van der Waals surface area contributed by atoms with Crippen LogP contribution >= 0.6 is 0 Å². The Balaban J connectivity index is 2.05. The second-order valence-corrected chi connectivity index (χ2v) is 6.43. The fraction of sp³-hybridized carbons (Fsp3) is 0.600. The number of nitrogens with one attached hydrogen (secondary N) is 1. The average molecular weight is 288 g/mol. The topological polar surface area (TPSA) is 75.2 Å². The van der Waals surface area contributed by atoms with Gasteiger partial charge in [-0.25, -0.2) is 9.97 Å². The maximum atomic E-state index is 13.0. The summed E-state index contributed by atoms with van der Waals surface area (Å²) in [7, 11) is 0. The first-order valence-corrected chi connectivity index (χ1v) is 7.36. The number of carbonyl (C=O) groups is 2. The van der Waals surface area contributed by atoms with Gasteiger partial charge in [0.05, 0.1) is 18.1 Å². The van der Waals surface area contributed by atoms with Gasteiger partial charge in [-0.1, -0.05) is 13.8 Å². The summed E-state index contributed by atoms with van der Waals surface area (Å²) in [5.74, 6) is 0.0908. The predicted molar refractivity (Wildman–Crippen MR) is 77.4 cm³/mol. The number of anilines is 1. The summed E-state index contributed by atoms with van der Waals surface area (Å²) in [5, 5.41) is 2.96. The van der Waals surface area contributed by atoms with Crippen LogP contribution in [0.2, 0.25) is 0 Å². The Labute approximate surface area is 124 Å². The first kappa shape index (κ1) is 14.0. The first-order chi connectivity index (χ1) is 9.95. The lowest BCUT2D eigenvalue weighted by molar-refractivity contribution is -0.139. The Hall–Kier alpha value is -1.98. The van der Waals surface area contributed by atoms with E-state index in [9.17, 15) is 9.59 Å². The Morgan fingerprint density at radius 3 is 2.43 bits per heavy atom. The van der Waals surface area contributed by atoms with Crippen molar-refractivity contribution in [2.75, 3.05) is 4.90 Å². The molecule has 112 valence electrons. The minimum atomic E-state index is -0.807. The van der Waals surface area contributed by atoms with Crippen molar-refractivity contribution < 1.29 is 9.59 Å². The van der Waals surface area contributed by atoms with Crippen LogP contribution in [0, 0.1) is 11.8 Å². The lowest BCUT2D eigenvalue weighted by Gasteiger charge is -2.45. The summed E-state index contributed by atoms with van der Waals surface area (Å²) < 4.78 is 0. The third kappa shape index (κ3) is 2.18. The van der Waals surface area contributed by atoms with Crippen LogP contribution in [0.15, 0.2) is 18.7 Å². The molecule has 0 spiro atoms. The smallest absolute Gasteiger partial charge is 0.253 e. The van der Waals surface area contributed by atoms with Crippen molar-refractivity contribution in [2.45, 2.75) is 45.2 Å². The van der Waals surface area contributed by atoms with Crippen LogP contribution in [0.4, 0.5) is 5.69 Å². The van der Waals surface area contributed by atoms with Crippen LogP contribution in [0.25, 0.3) is 0 Å². The van der Waals surface area contributed by atoms with Crippen molar-refractivity contribution in [3.63, 3.8) is 0 Å². The zero-order chi connectivity index (χ0) is 15.2. The maximum absolute atomic E-state index is 13.0. The third-order valence-corrected chi connectivity index (χ3v) is 4.44. The Morgan fingerprint density at radius 2 is 1.90 bits per heavy atom. The fourth-order valence-corrected chi connectivity index (χ4v) is 3.11. The Morgan fingerprint density at radius 1 is 1.29 bits per heavy atom. The van der Waals surface area contributed by atoms with E-state index in [2.05, 4.69) is 15.3 Å². The highest BCUT2D eigenvalue weighted by Crippen LogP contribution is 2.43. The molecule has 6 nitrogen and oxygen atoms in total. The SMILES string of the molecule is CC(C)C1C(=O)NC(C)(C2CC2)C(=O)N1c1cncnc1. The van der Waals surface area contributed by atoms with Crippen molar-refractivity contribution in [1.82, 2.24) is 15.3 Å². The minimum Gasteiger partial charge on any atom is -0.340 e. The molecule has 2 fully saturated rings. The third-order valence-electron chi connectivity index (χ3n) is 4.44. The Bertz CT molecular complexity index is 570. The quantitative estimate of drug-likeness (QED) is 0.904. The first-order valence-electron chi connectivity index (χ1n) is 7.36. The molecule has 1 aromatic rings. The van der Waals surface area contributed by atoms with Crippen LogP contribution in [0.1, 0.15) is 33.6 Å². The molecule has 1 aliphatic carbocycles. The van der Waals surface area contributed by atoms with E-state index in [1.165, 1.54) is 6.33 Å². The van der Waals surface area contributed by atoms with Crippen molar-refractivity contribution in [3.8, 4) is 0 Å². The van der Waals surface area contributed by atoms with Crippen LogP contribution in [-0.2, 0) is 9.59 Å². The highest BCUT2D eigenvalue weighted by atomic mass is 16.2. The highest BCUT2D eigenvalue weighted by Gasteiger charge is 2.56. The van der Waals surface area contributed by atoms with Gasteiger partial charge in [0.2, 0.25) is 5.91 Å². The Kier molecular flexibility index (Phi) is 3.19. The number of hydrogen-bond donors (Lipinski definition) is 1. The zero-order valence-electron chi connectivity index (χ0n) is 12.5. The van der Waals surface area contributed by atoms with Gasteiger partial charge >= 0.3 is 0 Å². The van der Waals surface area contributed by atoms with Gasteiger partial charge in [-0.3, -0.25) is 14.5 Å². The fourth-order valence-electron chi connectivity index (χ4n) is 3.11. The minimum absolute atomic E-state index is 0.0120. The molecule has 0 bridgehead atoms. The van der Waals surface area contributed by atoms with Gasteiger partial charge in [-0.15, -0.1) is 0 Å². The summed E-state index contributed by atoms with van der Waals surface area (Å²) in [5.41, 5.74) is -0.221. The summed E-state index contributed by atoms with van der Waals surface area (Å²) in [6.07, 6.45) is 6.56. The van der Waals surface area contributed by atoms with Crippen molar-refractivity contribution >= 4 is 17.5 Å². The van der Waals surface area contributed by atoms with Crippen LogP contribution in [-0.4, -0.2) is 33.4 Å². The summed E-state index contributed by atoms with van der Waals surface area (Å²) in [4.78, 5) is 35.2. The molecular weight excluding hydrogens is 268 g/mol. The van der Waals surface area contributed by atoms with Crippen LogP contribution < -0.4 is 10.2 Å². The summed E-state index contributed by atoms with van der Waals surface area (Å²) >= 11 is 0. The number of amides is 2. The molecule has 2 aliphatic rings. The molecule has 1 saturated heterocycles. The number of carbonyl (C=O) groups excluding carboxylic acids is 2. The van der Waals surface area contributed by atoms with E-state index in [4.69, 9.17) is 0 Å². The maximum Gasteiger partial charge on any atom is 0.253 e. The van der Waals surface area contributed by atoms with Crippen molar-refractivity contribution in [3.05, 3.63) is 18.7 Å². The number of piperazine rings is 1. The molecule has 3 rings (SSSR count). The lowest BCUT2D eigenvalue weighted by atomic mass is 9.86. The number of rotatable bonds is 3. The van der Waals surface area contributed by atoms with E-state index in [1.807, 2.05) is 20.8 Å². The predicted octanol–water partition coefficient (Wildman–Crippen LogP) is 1.13. The van der Waals surface area contributed by atoms with E-state index in [-0.39, 0.29) is 23.7 Å². The van der Waals surface area contributed by atoms with Crippen molar-refractivity contribution in [2.24, 2.45) is 11.8 Å². The standard InChI is InChI=1S/C15H20N4O2/c1-9(2)12-13(20)18-15(3,10-4-5-10)14(21)19(12)11-6-16-8-17-7-11/h6-10,12H,4-5H2,1-3H3,(H,18,20). The van der Waals surface area contributed by atoms with E-state index < -0.39 is 11.6 Å². The molecule has 1 N–H and O–H groups in total. The zero-order valence-corrected chi connectivity index (χ0v) is 12.5. The molecule has 1 saturated carbocycles. The number of nitrogens with zero attached hydrogens (tertiary/aromatic N) is 3. The van der Waals surface area contributed by atoms with Crippen LogP contribution in [0.5, 0.6) is 0 Å². The number of aromatic nitrogens is 2. The van der Waals surface area contributed by atoms with E-state index in [0.717, 1.165) is 12.8 Å². The normalized spacial score (nSPS) is 29.7. The molecule has 0 radical (unpaired) electrons. The summed E-state index contributed by atoms with van der Waals surface area (Å²) in [6, 6.07) is -0.518. The lowest BCUT2D eigenvalue weighted by Crippen LogP contribution is -2.71. The molecule has 2 unspecified atom stereocenters. The van der Waals surface area contributed by atoms with Crippen LogP contribution in [0.3, 0.4) is 0 Å². The number of hydrogen-bond acceptors (Lipinski definition) is 4. The van der Waals surface area contributed by atoms with Gasteiger partial charge in [0.15, 0.2) is 0 Å². The van der Waals surface area contributed by atoms with E-state index in [0.29, 0.717) is 5.69 Å². The molecule has 6 heteroatoms. The largest absolute Gasteiger partial charge is 0.340 e. The molecule has 1 aliphatic heterocycles. The molecule has 21 heavy (non-hydrogen) atoms. The molecule has 0 aromatic carbocycles. The molecule has 2 amide bonds. The van der Waals surface area contributed by atoms with Gasteiger partial charge in [-0.05, 0) is 31.6 Å². The van der Waals surface area contributed by atoms with Gasteiger partial charge in [0.1, 0.15) is 17.9 Å². The van der Waals surface area contributed by atoms with Gasteiger partial charge in [0, 0.05) is 0 Å². The molecule has 1 aromatic heterocycles. The van der Waals surface area contributed by atoms with Crippen molar-refractivity contribution in [1.29, 1.82) is 0 Å². The molecule has 2 heterocycles. The van der Waals surface area contributed by atoms with Gasteiger partial charge in [0.25, 0.3) is 5.91 Å². The second kappa shape index (κ2) is 4.79. The summed E-state index contributed by atoms with van der Waals surface area (Å²) in [6.45, 7) is 5.71. The second-order valence-electron chi connectivity index (χ2n) is 6.43. The van der Waals surface area contributed by atoms with E-state index >= 15 is 0 Å². The molecular formula is C15H20N4O2. The van der Waals surface area contributed by atoms with Gasteiger partial charge in [-0.2, -0.15) is 0 Å². The van der Waals surface area contributed by atoms with Gasteiger partial charge < -0.3 is 5.32 Å².